The summed E-state index contributed by atoms with van der Waals surface area (Å²) in [6.45, 7) is 6.61. The predicted octanol–water partition coefficient (Wildman–Crippen LogP) is -0.0589. The summed E-state index contributed by atoms with van der Waals surface area (Å²) >= 11 is 0. The summed E-state index contributed by atoms with van der Waals surface area (Å²) in [5.74, 6) is -1.51. The lowest BCUT2D eigenvalue weighted by molar-refractivity contribution is -0.160. The number of carbonyl (C=O) groups excluding carboxylic acids is 2. The van der Waals surface area contributed by atoms with Crippen LogP contribution in [0.4, 0.5) is 5.95 Å². The van der Waals surface area contributed by atoms with E-state index < -0.39 is 35.7 Å². The molecule has 2 aromatic heterocycles. The van der Waals surface area contributed by atoms with Crippen LogP contribution in [0, 0.1) is 11.8 Å². The molecule has 2 atom stereocenters. The monoisotopic (exact) mass is 525 g/mol. The molecule has 0 aromatic carbocycles. The highest BCUT2D eigenvalue weighted by molar-refractivity contribution is 5.85. The first-order chi connectivity index (χ1) is 15.0. The Labute approximate surface area is 208 Å². The second kappa shape index (κ2) is 14.1. The van der Waals surface area contributed by atoms with Crippen LogP contribution in [-0.4, -0.2) is 62.9 Å². The van der Waals surface area contributed by atoms with Gasteiger partial charge in [0, 0.05) is 0 Å². The molecule has 15 heteroatoms. The van der Waals surface area contributed by atoms with Gasteiger partial charge in [0.25, 0.3) is 5.56 Å². The smallest absolute Gasteiger partial charge is 0.323 e. The second-order valence-corrected chi connectivity index (χ2v) is 8.06. The Hall–Kier alpha value is -2.45. The summed E-state index contributed by atoms with van der Waals surface area (Å²) < 4.78 is 17.7. The summed E-state index contributed by atoms with van der Waals surface area (Å²) in [6.07, 6.45) is 0.517. The molecule has 0 saturated carbocycles. The molecule has 34 heavy (non-hydrogen) atoms. The standard InChI is InChI=1S/C19H31N7O6.2ClH/c1-9(2)12(20)17(28)30-5-11(6-31-18(29)13(21)10(3)4)32-8-26-7-23-14-15(26)24-19(22)25-16(14)27;;/h7,9-13H,5-6,8,20-21H2,1-4H3,(H3,22,24,25,27);2*1H/t12-,13-;;/m0../s1. The van der Waals surface area contributed by atoms with E-state index in [4.69, 9.17) is 31.4 Å². The van der Waals surface area contributed by atoms with Crippen molar-refractivity contribution in [2.75, 3.05) is 18.9 Å². The van der Waals surface area contributed by atoms with Crippen LogP contribution in [0.25, 0.3) is 11.2 Å². The molecule has 0 fully saturated rings. The number of nitrogens with two attached hydrogens (primary N) is 3. The highest BCUT2D eigenvalue weighted by Crippen LogP contribution is 2.09. The Morgan fingerprint density at radius 1 is 1.03 bits per heavy atom. The lowest BCUT2D eigenvalue weighted by atomic mass is 10.1. The lowest BCUT2D eigenvalue weighted by Gasteiger charge is -2.22. The quantitative estimate of drug-likeness (QED) is 0.286. The summed E-state index contributed by atoms with van der Waals surface area (Å²) in [5, 5.41) is 0. The van der Waals surface area contributed by atoms with Gasteiger partial charge in [0.05, 0.1) is 6.33 Å². The van der Waals surface area contributed by atoms with Gasteiger partial charge in [-0.05, 0) is 11.8 Å². The van der Waals surface area contributed by atoms with Gasteiger partial charge in [0.2, 0.25) is 5.95 Å². The number of aromatic amines is 1. The summed E-state index contributed by atoms with van der Waals surface area (Å²) in [5.41, 5.74) is 17.0. The number of nitrogens with one attached hydrogen (secondary N) is 1. The molecule has 0 saturated heterocycles. The molecule has 0 aliphatic heterocycles. The normalized spacial score (nSPS) is 12.9. The Morgan fingerprint density at radius 2 is 1.53 bits per heavy atom. The maximum absolute atomic E-state index is 12.1. The van der Waals surface area contributed by atoms with E-state index in [2.05, 4.69) is 15.0 Å². The van der Waals surface area contributed by atoms with Gasteiger partial charge in [-0.25, -0.2) is 4.98 Å². The molecule has 0 bridgehead atoms. The molecule has 0 unspecified atom stereocenters. The zero-order chi connectivity index (χ0) is 24.0. The minimum absolute atomic E-state index is 0. The summed E-state index contributed by atoms with van der Waals surface area (Å²) in [7, 11) is 0. The van der Waals surface area contributed by atoms with Gasteiger partial charge in [-0.15, -0.1) is 24.8 Å². The third kappa shape index (κ3) is 8.40. The predicted molar refractivity (Wildman–Crippen MR) is 129 cm³/mol. The second-order valence-electron chi connectivity index (χ2n) is 8.06. The fraction of sp³-hybridized carbons (Fsp3) is 0.632. The molecule has 2 heterocycles. The van der Waals surface area contributed by atoms with Crippen LogP contribution in [0.3, 0.4) is 0 Å². The molecular weight excluding hydrogens is 493 g/mol. The number of imidazole rings is 1. The molecule has 194 valence electrons. The molecule has 0 amide bonds. The number of esters is 2. The molecule has 2 rings (SSSR count). The van der Waals surface area contributed by atoms with Gasteiger partial charge >= 0.3 is 11.9 Å². The van der Waals surface area contributed by atoms with E-state index in [1.165, 1.54) is 10.9 Å². The Balaban J connectivity index is 0.00000544. The first kappa shape index (κ1) is 31.6. The number of fused-ring (bicyclic) bond motifs is 1. The first-order valence-electron chi connectivity index (χ1n) is 10.2. The van der Waals surface area contributed by atoms with Crippen molar-refractivity contribution in [3.63, 3.8) is 0 Å². The van der Waals surface area contributed by atoms with E-state index in [0.717, 1.165) is 0 Å². The molecule has 0 radical (unpaired) electrons. The van der Waals surface area contributed by atoms with Crippen molar-refractivity contribution < 1.29 is 23.8 Å². The number of H-pyrrole nitrogens is 1. The van der Waals surface area contributed by atoms with Crippen LogP contribution >= 0.6 is 24.8 Å². The Morgan fingerprint density at radius 3 is 2.00 bits per heavy atom. The maximum atomic E-state index is 12.1. The van der Waals surface area contributed by atoms with Gasteiger partial charge < -0.3 is 31.4 Å². The van der Waals surface area contributed by atoms with Gasteiger partial charge in [-0.3, -0.25) is 23.9 Å². The van der Waals surface area contributed by atoms with Gasteiger partial charge in [0.15, 0.2) is 11.2 Å². The topological polar surface area (TPSA) is 203 Å². The highest BCUT2D eigenvalue weighted by Gasteiger charge is 2.24. The van der Waals surface area contributed by atoms with E-state index >= 15 is 0 Å². The van der Waals surface area contributed by atoms with E-state index in [1.807, 2.05) is 0 Å². The van der Waals surface area contributed by atoms with Gasteiger partial charge in [-0.2, -0.15) is 4.98 Å². The minimum Gasteiger partial charge on any atom is -0.462 e. The van der Waals surface area contributed by atoms with Crippen molar-refractivity contribution in [2.24, 2.45) is 23.3 Å². The maximum Gasteiger partial charge on any atom is 0.323 e. The highest BCUT2D eigenvalue weighted by atomic mass is 35.5. The number of carbonyl (C=O) groups is 2. The van der Waals surface area contributed by atoms with E-state index in [1.54, 1.807) is 27.7 Å². The number of halogens is 2. The van der Waals surface area contributed by atoms with Crippen LogP contribution in [0.15, 0.2) is 11.1 Å². The van der Waals surface area contributed by atoms with Crippen molar-refractivity contribution in [1.29, 1.82) is 0 Å². The van der Waals surface area contributed by atoms with Crippen molar-refractivity contribution in [3.05, 3.63) is 16.7 Å². The Bertz CT molecular complexity index is 967. The first-order valence-corrected chi connectivity index (χ1v) is 10.2. The molecule has 0 aliphatic rings. The fourth-order valence-corrected chi connectivity index (χ4v) is 2.48. The minimum atomic E-state index is -0.835. The molecule has 0 aliphatic carbocycles. The number of hydrogen-bond donors (Lipinski definition) is 4. The third-order valence-electron chi connectivity index (χ3n) is 4.75. The number of ether oxygens (including phenoxy) is 3. The van der Waals surface area contributed by atoms with E-state index in [0.29, 0.717) is 0 Å². The number of hydrogen-bond acceptors (Lipinski definition) is 11. The fourth-order valence-electron chi connectivity index (χ4n) is 2.48. The summed E-state index contributed by atoms with van der Waals surface area (Å²) in [4.78, 5) is 46.5. The third-order valence-corrected chi connectivity index (χ3v) is 4.75. The van der Waals surface area contributed by atoms with Crippen LogP contribution in [0.5, 0.6) is 0 Å². The SMILES string of the molecule is CC(C)[C@H](N)C(=O)OCC(COC(=O)[C@@H](N)C(C)C)OCn1cnc2c(=O)[nH]c(N)nc21.Cl.Cl. The average Bonchev–Trinajstić information content (AvgIpc) is 3.14. The van der Waals surface area contributed by atoms with Crippen molar-refractivity contribution >= 4 is 53.9 Å². The molecule has 2 aromatic rings. The molecule has 7 N–H and O–H groups in total. The summed E-state index contributed by atoms with van der Waals surface area (Å²) in [6, 6.07) is -1.60. The van der Waals surface area contributed by atoms with Crippen LogP contribution in [0.1, 0.15) is 27.7 Å². The van der Waals surface area contributed by atoms with Crippen LogP contribution in [0.2, 0.25) is 0 Å². The van der Waals surface area contributed by atoms with E-state index in [9.17, 15) is 14.4 Å². The van der Waals surface area contributed by atoms with Crippen LogP contribution < -0.4 is 22.8 Å². The number of aromatic nitrogens is 4. The molecular formula is C19H33Cl2N7O6. The van der Waals surface area contributed by atoms with Crippen molar-refractivity contribution in [3.8, 4) is 0 Å². The largest absolute Gasteiger partial charge is 0.462 e. The average molecular weight is 526 g/mol. The molecule has 0 spiro atoms. The number of anilines is 1. The lowest BCUT2D eigenvalue weighted by Crippen LogP contribution is -2.41. The van der Waals surface area contributed by atoms with Gasteiger partial charge in [-0.1, -0.05) is 27.7 Å². The van der Waals surface area contributed by atoms with Crippen LogP contribution in [-0.2, 0) is 30.5 Å². The van der Waals surface area contributed by atoms with Crippen molar-refractivity contribution in [2.45, 2.75) is 52.6 Å². The number of nitrogen functional groups attached to an aromatic ring is 1. The van der Waals surface area contributed by atoms with Gasteiger partial charge in [0.1, 0.15) is 38.1 Å². The molecule has 13 nitrogen and oxygen atoms in total. The number of rotatable bonds is 11. The number of nitrogens with zero attached hydrogens (tertiary/aromatic N) is 3. The Kier molecular flexibility index (Phi) is 13.1. The zero-order valence-electron chi connectivity index (χ0n) is 19.4. The van der Waals surface area contributed by atoms with E-state index in [-0.39, 0.29) is 73.7 Å². The zero-order valence-corrected chi connectivity index (χ0v) is 21.1. The van der Waals surface area contributed by atoms with Crippen molar-refractivity contribution in [1.82, 2.24) is 19.5 Å².